The van der Waals surface area contributed by atoms with Gasteiger partial charge in [0.05, 0.1) is 0 Å². The summed E-state index contributed by atoms with van der Waals surface area (Å²) < 4.78 is 74.4. The summed E-state index contributed by atoms with van der Waals surface area (Å²) in [6.07, 6.45) is -4.69. The highest BCUT2D eigenvalue weighted by atomic mass is 32.2. The van der Waals surface area contributed by atoms with Gasteiger partial charge in [-0.25, -0.2) is 0 Å². The predicted molar refractivity (Wildman–Crippen MR) is 91.3 cm³/mol. The van der Waals surface area contributed by atoms with Crippen LogP contribution in [0, 0.1) is 0 Å². The molecule has 1 aromatic carbocycles. The van der Waals surface area contributed by atoms with Crippen molar-refractivity contribution in [2.24, 2.45) is 0 Å². The van der Waals surface area contributed by atoms with Crippen LogP contribution in [0.25, 0.3) is 0 Å². The molecule has 10 heteroatoms. The molecule has 6 nitrogen and oxygen atoms in total. The first-order valence-corrected chi connectivity index (χ1v) is 8.78. The summed E-state index contributed by atoms with van der Waals surface area (Å²) in [6.45, 7) is 4.40. The van der Waals surface area contributed by atoms with Crippen LogP contribution in [-0.4, -0.2) is 43.3 Å². The molecular weight excluding hydrogens is 375 g/mol. The highest BCUT2D eigenvalue weighted by Crippen LogP contribution is 2.40. The molecule has 1 aromatic rings. The fraction of sp³-hybridized carbons (Fsp3) is 0.625. The second-order valence-electron chi connectivity index (χ2n) is 6.27. The summed E-state index contributed by atoms with van der Waals surface area (Å²) in [5, 5.41) is 0. The molecule has 2 atom stereocenters. The number of methoxy groups -OCH3 is 2. The largest absolute Gasteiger partial charge is 0.598 e. The molecule has 1 rings (SSSR count). The second kappa shape index (κ2) is 9.65. The van der Waals surface area contributed by atoms with E-state index in [-0.39, 0.29) is 30.6 Å². The highest BCUT2D eigenvalue weighted by molar-refractivity contribution is 7.90. The minimum absolute atomic E-state index is 0.0714. The summed E-state index contributed by atoms with van der Waals surface area (Å²) in [7, 11) is 2.77. The van der Waals surface area contributed by atoms with Crippen molar-refractivity contribution >= 4 is 11.4 Å². The van der Waals surface area contributed by atoms with Crippen LogP contribution < -0.4 is 14.2 Å². The quantitative estimate of drug-likeness (QED) is 0.507. The zero-order valence-corrected chi connectivity index (χ0v) is 16.1. The van der Waals surface area contributed by atoms with Gasteiger partial charge in [0.2, 0.25) is 0 Å². The molecule has 0 radical (unpaired) electrons. The van der Waals surface area contributed by atoms with E-state index >= 15 is 0 Å². The van der Waals surface area contributed by atoms with Gasteiger partial charge in [0, 0.05) is 37.2 Å². The first-order chi connectivity index (χ1) is 12.0. The van der Waals surface area contributed by atoms with Crippen LogP contribution in [0.3, 0.4) is 0 Å². The van der Waals surface area contributed by atoms with Crippen molar-refractivity contribution in [3.05, 3.63) is 23.8 Å². The lowest BCUT2D eigenvalue weighted by Gasteiger charge is -2.30. The molecule has 0 saturated heterocycles. The standard InChI is InChI=1S/C16H24F3NO5S/c1-15(2,3)26(21)20-14(16(17,18)19)12-7-6-11(24-9-22-4)8-13(12)25-10-23-5/h6-8,14,20H,9-10H2,1-5H3. The van der Waals surface area contributed by atoms with Crippen LogP contribution in [0.1, 0.15) is 32.4 Å². The Morgan fingerprint density at radius 1 is 1.08 bits per heavy atom. The van der Waals surface area contributed by atoms with E-state index in [1.165, 1.54) is 32.4 Å². The molecule has 26 heavy (non-hydrogen) atoms. The van der Waals surface area contributed by atoms with E-state index in [1.54, 1.807) is 20.8 Å². The Labute approximate surface area is 154 Å². The molecule has 0 fully saturated rings. The van der Waals surface area contributed by atoms with Crippen molar-refractivity contribution in [3.8, 4) is 11.5 Å². The summed E-state index contributed by atoms with van der Waals surface area (Å²) >= 11 is -1.95. The normalized spacial score (nSPS) is 14.8. The van der Waals surface area contributed by atoms with Gasteiger partial charge >= 0.3 is 6.18 Å². The van der Waals surface area contributed by atoms with Gasteiger partial charge in [0.15, 0.2) is 19.6 Å². The maximum absolute atomic E-state index is 13.6. The lowest BCUT2D eigenvalue weighted by atomic mass is 10.1. The fourth-order valence-corrected chi connectivity index (χ4v) is 2.64. The monoisotopic (exact) mass is 399 g/mol. The number of halogens is 3. The second-order valence-corrected chi connectivity index (χ2v) is 8.27. The molecule has 0 aliphatic rings. The maximum Gasteiger partial charge on any atom is 0.412 e. The van der Waals surface area contributed by atoms with Crippen molar-refractivity contribution in [2.75, 3.05) is 27.8 Å². The Hall–Kier alpha value is -1.20. The van der Waals surface area contributed by atoms with E-state index in [0.717, 1.165) is 0 Å². The number of rotatable bonds is 9. The number of benzene rings is 1. The molecule has 0 spiro atoms. The zero-order valence-electron chi connectivity index (χ0n) is 15.3. The number of hydrogen-bond acceptors (Lipinski definition) is 6. The van der Waals surface area contributed by atoms with Gasteiger partial charge in [0.1, 0.15) is 16.2 Å². The first-order valence-electron chi connectivity index (χ1n) is 7.63. The van der Waals surface area contributed by atoms with Crippen molar-refractivity contribution in [3.63, 3.8) is 0 Å². The lowest BCUT2D eigenvalue weighted by Crippen LogP contribution is -2.45. The molecule has 1 N–H and O–H groups in total. The Morgan fingerprint density at radius 2 is 1.65 bits per heavy atom. The van der Waals surface area contributed by atoms with Crippen LogP contribution in [0.5, 0.6) is 11.5 Å². The van der Waals surface area contributed by atoms with Gasteiger partial charge in [-0.1, -0.05) is 0 Å². The van der Waals surface area contributed by atoms with Crippen molar-refractivity contribution < 1.29 is 36.7 Å². The third-order valence-electron chi connectivity index (χ3n) is 3.08. The molecule has 0 saturated carbocycles. The molecule has 0 bridgehead atoms. The van der Waals surface area contributed by atoms with E-state index in [2.05, 4.69) is 4.72 Å². The predicted octanol–water partition coefficient (Wildman–Crippen LogP) is 3.31. The maximum atomic E-state index is 13.6. The van der Waals surface area contributed by atoms with Gasteiger partial charge in [-0.15, -0.1) is 4.72 Å². The molecule has 0 aliphatic carbocycles. The van der Waals surface area contributed by atoms with Crippen LogP contribution in [0.15, 0.2) is 18.2 Å². The van der Waals surface area contributed by atoms with E-state index in [4.69, 9.17) is 18.9 Å². The summed E-state index contributed by atoms with van der Waals surface area (Å²) in [5.41, 5.74) is -0.225. The Kier molecular flexibility index (Phi) is 8.48. The lowest BCUT2D eigenvalue weighted by molar-refractivity contribution is -0.153. The van der Waals surface area contributed by atoms with Crippen molar-refractivity contribution in [1.29, 1.82) is 0 Å². The van der Waals surface area contributed by atoms with Gasteiger partial charge in [-0.05, 0) is 32.9 Å². The fourth-order valence-electron chi connectivity index (χ4n) is 1.81. The first kappa shape index (κ1) is 22.8. The highest BCUT2D eigenvalue weighted by Gasteiger charge is 2.47. The number of hydrogen-bond donors (Lipinski definition) is 1. The molecule has 2 unspecified atom stereocenters. The molecule has 0 amide bonds. The average Bonchev–Trinajstić information content (AvgIpc) is 2.54. The van der Waals surface area contributed by atoms with E-state index in [0.29, 0.717) is 0 Å². The van der Waals surface area contributed by atoms with Gasteiger partial charge in [-0.3, -0.25) is 0 Å². The van der Waals surface area contributed by atoms with Crippen LogP contribution in [0.4, 0.5) is 13.2 Å². The van der Waals surface area contributed by atoms with Gasteiger partial charge in [0.25, 0.3) is 0 Å². The SMILES string of the molecule is COCOc1ccc(C(N[S+]([O-])C(C)(C)C)C(F)(F)F)c(OCOC)c1. The van der Waals surface area contributed by atoms with Crippen molar-refractivity contribution in [2.45, 2.75) is 37.7 Å². The van der Waals surface area contributed by atoms with E-state index in [9.17, 15) is 17.7 Å². The number of nitrogens with one attached hydrogen (secondary N) is 1. The van der Waals surface area contributed by atoms with Crippen LogP contribution in [0.2, 0.25) is 0 Å². The number of alkyl halides is 3. The van der Waals surface area contributed by atoms with Crippen LogP contribution >= 0.6 is 0 Å². The third kappa shape index (κ3) is 6.84. The van der Waals surface area contributed by atoms with Crippen LogP contribution in [-0.2, 0) is 20.8 Å². The topological polar surface area (TPSA) is 72.0 Å². The van der Waals surface area contributed by atoms with Gasteiger partial charge < -0.3 is 23.5 Å². The Bertz CT molecular complexity index is 566. The van der Waals surface area contributed by atoms with E-state index < -0.39 is 28.3 Å². The molecule has 150 valence electrons. The Balaban J connectivity index is 3.25. The molecule has 0 heterocycles. The minimum atomic E-state index is -4.69. The smallest absolute Gasteiger partial charge is 0.412 e. The summed E-state index contributed by atoms with van der Waals surface area (Å²) in [4.78, 5) is 0. The van der Waals surface area contributed by atoms with E-state index in [1.807, 2.05) is 0 Å². The molecular formula is C16H24F3NO5S. The zero-order chi connectivity index (χ0) is 20.0. The molecule has 0 aliphatic heterocycles. The van der Waals surface area contributed by atoms with Gasteiger partial charge in [-0.2, -0.15) is 13.2 Å². The molecule has 0 aromatic heterocycles. The van der Waals surface area contributed by atoms with Crippen molar-refractivity contribution in [1.82, 2.24) is 4.72 Å². The average molecular weight is 399 g/mol. The Morgan fingerprint density at radius 3 is 2.15 bits per heavy atom. The third-order valence-corrected chi connectivity index (χ3v) is 4.64. The minimum Gasteiger partial charge on any atom is -0.598 e. The summed E-state index contributed by atoms with van der Waals surface area (Å²) in [5.74, 6) is 0.167. The summed E-state index contributed by atoms with van der Waals surface area (Å²) in [6, 6.07) is 1.68. The number of ether oxygens (including phenoxy) is 4.